The zero-order valence-electron chi connectivity index (χ0n) is 15.0. The van der Waals surface area contributed by atoms with Crippen LogP contribution >= 0.6 is 0 Å². The Morgan fingerprint density at radius 1 is 1.27 bits per heavy atom. The highest BCUT2D eigenvalue weighted by Crippen LogP contribution is 2.23. The van der Waals surface area contributed by atoms with Gasteiger partial charge in [-0.1, -0.05) is 30.3 Å². The minimum atomic E-state index is -2.93. The van der Waals surface area contributed by atoms with E-state index in [-0.39, 0.29) is 29.6 Å². The van der Waals surface area contributed by atoms with Crippen LogP contribution in [0, 0.1) is 0 Å². The Bertz CT molecular complexity index is 850. The van der Waals surface area contributed by atoms with Crippen molar-refractivity contribution in [3.63, 3.8) is 0 Å². The van der Waals surface area contributed by atoms with Crippen LogP contribution in [0.25, 0.3) is 11.3 Å². The molecule has 140 valence electrons. The molecule has 1 saturated heterocycles. The van der Waals surface area contributed by atoms with Crippen molar-refractivity contribution >= 4 is 15.9 Å². The van der Waals surface area contributed by atoms with Crippen molar-refractivity contribution in [2.75, 3.05) is 18.6 Å². The van der Waals surface area contributed by atoms with Gasteiger partial charge in [-0.05, 0) is 25.8 Å². The summed E-state index contributed by atoms with van der Waals surface area (Å²) in [7, 11) is -1.21. The summed E-state index contributed by atoms with van der Waals surface area (Å²) in [5, 5.41) is 10.3. The molecular formula is C18H24N4O3S. The number of nitrogens with one attached hydrogen (secondary N) is 2. The lowest BCUT2D eigenvalue weighted by Crippen LogP contribution is -2.46. The molecule has 0 radical (unpaired) electrons. The fourth-order valence-corrected chi connectivity index (χ4v) is 4.49. The number of urea groups is 1. The van der Waals surface area contributed by atoms with Crippen LogP contribution in [-0.2, 0) is 9.84 Å². The number of hydrogen-bond acceptors (Lipinski definition) is 4. The predicted octanol–water partition coefficient (Wildman–Crippen LogP) is 2.36. The van der Waals surface area contributed by atoms with Crippen molar-refractivity contribution in [1.29, 1.82) is 0 Å². The van der Waals surface area contributed by atoms with Crippen LogP contribution < -0.4 is 5.32 Å². The van der Waals surface area contributed by atoms with Crippen molar-refractivity contribution in [3.05, 3.63) is 42.1 Å². The maximum absolute atomic E-state index is 12.5. The maximum Gasteiger partial charge on any atom is 0.317 e. The number of benzene rings is 1. The molecule has 1 fully saturated rings. The number of rotatable bonds is 4. The largest absolute Gasteiger partial charge is 0.335 e. The molecular weight excluding hydrogens is 352 g/mol. The molecule has 1 aliphatic heterocycles. The summed E-state index contributed by atoms with van der Waals surface area (Å²) in [6.45, 7) is 1.92. The van der Waals surface area contributed by atoms with Gasteiger partial charge >= 0.3 is 6.03 Å². The van der Waals surface area contributed by atoms with Crippen LogP contribution in [0.2, 0.25) is 0 Å². The minimum Gasteiger partial charge on any atom is -0.335 e. The van der Waals surface area contributed by atoms with E-state index in [4.69, 9.17) is 0 Å². The molecule has 7 nitrogen and oxygen atoms in total. The third-order valence-corrected chi connectivity index (χ3v) is 6.62. The van der Waals surface area contributed by atoms with Crippen LogP contribution in [0.3, 0.4) is 0 Å². The second-order valence-electron chi connectivity index (χ2n) is 6.74. The topological polar surface area (TPSA) is 95.2 Å². The van der Waals surface area contributed by atoms with Gasteiger partial charge in [-0.2, -0.15) is 5.10 Å². The number of aromatic nitrogens is 2. The summed E-state index contributed by atoms with van der Waals surface area (Å²) < 4.78 is 23.0. The van der Waals surface area contributed by atoms with E-state index in [1.165, 1.54) is 0 Å². The van der Waals surface area contributed by atoms with Crippen LogP contribution in [0.15, 0.2) is 36.4 Å². The Kier molecular flexibility index (Phi) is 5.31. The fraction of sp³-hybridized carbons (Fsp3) is 0.444. The van der Waals surface area contributed by atoms with Gasteiger partial charge in [0.2, 0.25) is 0 Å². The molecule has 2 N–H and O–H groups in total. The molecule has 1 atom stereocenters. The number of sulfone groups is 1. The van der Waals surface area contributed by atoms with Crippen LogP contribution in [-0.4, -0.2) is 54.1 Å². The molecule has 0 saturated carbocycles. The number of nitrogens with zero attached hydrogens (tertiary/aromatic N) is 2. The number of H-pyrrole nitrogens is 1. The lowest BCUT2D eigenvalue weighted by molar-refractivity contribution is 0.188. The van der Waals surface area contributed by atoms with Gasteiger partial charge in [-0.25, -0.2) is 13.2 Å². The second-order valence-corrected chi connectivity index (χ2v) is 9.04. The molecule has 1 aromatic heterocycles. The molecule has 0 bridgehead atoms. The summed E-state index contributed by atoms with van der Waals surface area (Å²) in [6, 6.07) is 11.3. The van der Waals surface area contributed by atoms with Crippen LogP contribution in [0.4, 0.5) is 4.79 Å². The number of carbonyl (C=O) groups is 1. The van der Waals surface area contributed by atoms with Crippen LogP contribution in [0.1, 0.15) is 31.5 Å². The Morgan fingerprint density at radius 3 is 2.58 bits per heavy atom. The first-order chi connectivity index (χ1) is 12.4. The van der Waals surface area contributed by atoms with E-state index >= 15 is 0 Å². The van der Waals surface area contributed by atoms with Gasteiger partial charge in [0, 0.05) is 18.7 Å². The predicted molar refractivity (Wildman–Crippen MR) is 100 cm³/mol. The molecule has 2 aromatic rings. The van der Waals surface area contributed by atoms with E-state index in [1.807, 2.05) is 43.3 Å². The first-order valence-electron chi connectivity index (χ1n) is 8.70. The van der Waals surface area contributed by atoms with E-state index < -0.39 is 9.84 Å². The molecule has 3 rings (SSSR count). The maximum atomic E-state index is 12.5. The van der Waals surface area contributed by atoms with Crippen molar-refractivity contribution < 1.29 is 13.2 Å². The van der Waals surface area contributed by atoms with Gasteiger partial charge in [-0.15, -0.1) is 0 Å². The molecule has 1 aromatic carbocycles. The van der Waals surface area contributed by atoms with E-state index in [0.717, 1.165) is 17.0 Å². The Morgan fingerprint density at radius 2 is 1.92 bits per heavy atom. The lowest BCUT2D eigenvalue weighted by atomic mass is 10.1. The number of amides is 2. The normalized spacial score (nSPS) is 18.2. The quantitative estimate of drug-likeness (QED) is 0.856. The van der Waals surface area contributed by atoms with E-state index in [0.29, 0.717) is 12.8 Å². The molecule has 0 aliphatic carbocycles. The van der Waals surface area contributed by atoms with Crippen molar-refractivity contribution in [3.8, 4) is 11.3 Å². The van der Waals surface area contributed by atoms with Gasteiger partial charge in [0.25, 0.3) is 0 Å². The summed E-state index contributed by atoms with van der Waals surface area (Å²) >= 11 is 0. The highest BCUT2D eigenvalue weighted by atomic mass is 32.2. The van der Waals surface area contributed by atoms with Gasteiger partial charge < -0.3 is 10.2 Å². The molecule has 2 heterocycles. The molecule has 2 amide bonds. The van der Waals surface area contributed by atoms with Crippen molar-refractivity contribution in [2.45, 2.75) is 31.8 Å². The molecule has 0 unspecified atom stereocenters. The first-order valence-corrected chi connectivity index (χ1v) is 10.5. The zero-order chi connectivity index (χ0) is 18.7. The average molecular weight is 376 g/mol. The molecule has 8 heteroatoms. The van der Waals surface area contributed by atoms with Crippen molar-refractivity contribution in [1.82, 2.24) is 20.4 Å². The van der Waals surface area contributed by atoms with Gasteiger partial charge in [0.05, 0.1) is 28.9 Å². The highest BCUT2D eigenvalue weighted by molar-refractivity contribution is 7.91. The standard InChI is InChI=1S/C18H24N4O3S/c1-13(16-12-17(21-20-16)14-6-4-3-5-7-14)22(2)18(23)19-15-8-10-26(24,25)11-9-15/h3-7,12-13,15H,8-11H2,1-2H3,(H,19,23)(H,20,21)/t13-/m1/s1. The molecule has 1 aliphatic rings. The van der Waals surface area contributed by atoms with Gasteiger partial charge in [-0.3, -0.25) is 5.10 Å². The molecule has 0 spiro atoms. The van der Waals surface area contributed by atoms with Crippen LogP contribution in [0.5, 0.6) is 0 Å². The number of carbonyl (C=O) groups excluding carboxylic acids is 1. The van der Waals surface area contributed by atoms with Crippen molar-refractivity contribution in [2.24, 2.45) is 0 Å². The van der Waals surface area contributed by atoms with Gasteiger partial charge in [0.1, 0.15) is 9.84 Å². The summed E-state index contributed by atoms with van der Waals surface area (Å²) in [5.74, 6) is 0.274. The SMILES string of the molecule is C[C@H](c1cc(-c2ccccc2)n[nH]1)N(C)C(=O)NC1CCS(=O)(=O)CC1. The molecule has 26 heavy (non-hydrogen) atoms. The van der Waals surface area contributed by atoms with E-state index in [9.17, 15) is 13.2 Å². The fourth-order valence-electron chi connectivity index (χ4n) is 3.00. The van der Waals surface area contributed by atoms with E-state index in [1.54, 1.807) is 11.9 Å². The first kappa shape index (κ1) is 18.4. The number of hydrogen-bond donors (Lipinski definition) is 2. The summed E-state index contributed by atoms with van der Waals surface area (Å²) in [5.41, 5.74) is 2.68. The average Bonchev–Trinajstić information content (AvgIpc) is 3.13. The third kappa shape index (κ3) is 4.24. The Balaban J connectivity index is 1.61. The Hall–Kier alpha value is -2.35. The van der Waals surface area contributed by atoms with Gasteiger partial charge in [0.15, 0.2) is 0 Å². The smallest absolute Gasteiger partial charge is 0.317 e. The second kappa shape index (κ2) is 7.49. The van der Waals surface area contributed by atoms with E-state index in [2.05, 4.69) is 15.5 Å². The highest BCUT2D eigenvalue weighted by Gasteiger charge is 2.27. The minimum absolute atomic E-state index is 0.0951. The summed E-state index contributed by atoms with van der Waals surface area (Å²) in [4.78, 5) is 14.1. The Labute approximate surface area is 153 Å². The monoisotopic (exact) mass is 376 g/mol. The third-order valence-electron chi connectivity index (χ3n) is 4.90. The lowest BCUT2D eigenvalue weighted by Gasteiger charge is -2.29. The zero-order valence-corrected chi connectivity index (χ0v) is 15.8. The number of aromatic amines is 1. The summed E-state index contributed by atoms with van der Waals surface area (Å²) in [6.07, 6.45) is 0.941.